The minimum atomic E-state index is 0. The van der Waals surface area contributed by atoms with E-state index in [1.165, 1.54) is 40.6 Å². The fourth-order valence-corrected chi connectivity index (χ4v) is 8.03. The molecule has 0 amide bonds. The Morgan fingerprint density at radius 1 is 0.800 bits per heavy atom. The number of carbonyl (C=O) groups excluding carboxylic acids is 4. The maximum absolute atomic E-state index is 8.12. The van der Waals surface area contributed by atoms with Gasteiger partial charge >= 0.3 is 169 Å². The molecule has 5 nitrogen and oxygen atoms in total. The normalized spacial score (nSPS) is 8.07. The first-order chi connectivity index (χ1) is 12.6. The van der Waals surface area contributed by atoms with Gasteiger partial charge in [0.2, 0.25) is 0 Å². The Hall–Kier alpha value is -0.296. The summed E-state index contributed by atoms with van der Waals surface area (Å²) < 4.78 is 4.64. The first-order valence-corrected chi connectivity index (χ1v) is 22.7. The monoisotopic (exact) mass is 846 g/mol. The third kappa shape index (κ3) is 32.4. The Balaban J connectivity index is -0.0000000964. The van der Waals surface area contributed by atoms with E-state index in [9.17, 15) is 0 Å². The molecule has 1 unspecified atom stereocenters. The van der Waals surface area contributed by atoms with E-state index in [0.29, 0.717) is 5.94 Å². The van der Waals surface area contributed by atoms with Gasteiger partial charge < -0.3 is 5.48 Å². The van der Waals surface area contributed by atoms with Gasteiger partial charge in [0, 0.05) is 0 Å². The van der Waals surface area contributed by atoms with E-state index >= 15 is 0 Å². The van der Waals surface area contributed by atoms with E-state index in [0.717, 1.165) is 5.75 Å². The van der Waals surface area contributed by atoms with Crippen molar-refractivity contribution in [2.75, 3.05) is 0 Å². The van der Waals surface area contributed by atoms with Gasteiger partial charge in [0.25, 0.3) is 0 Å². The number of hydrogen-bond donors (Lipinski definition) is 0. The third-order valence-corrected chi connectivity index (χ3v) is 11.0. The van der Waals surface area contributed by atoms with Crippen LogP contribution in [0.3, 0.4) is 0 Å². The van der Waals surface area contributed by atoms with Gasteiger partial charge in [0.15, 0.2) is 0 Å². The molecule has 168 valence electrons. The zero-order valence-corrected chi connectivity index (χ0v) is 24.5. The van der Waals surface area contributed by atoms with Crippen molar-refractivity contribution in [2.24, 2.45) is 0 Å². The Morgan fingerprint density at radius 3 is 1.43 bits per heavy atom. The number of benzene rings is 2. The summed E-state index contributed by atoms with van der Waals surface area (Å²) >= 11 is 1.36. The zero-order chi connectivity index (χ0) is 20.0. The maximum atomic E-state index is 8.12. The fraction of sp³-hybridized carbons (Fsp3) is 0.333. The van der Waals surface area contributed by atoms with Crippen LogP contribution in [0.25, 0.3) is 0 Å². The quantitative estimate of drug-likeness (QED) is 0.309. The molecule has 30 heavy (non-hydrogen) atoms. The second kappa shape index (κ2) is 36.1. The summed E-state index contributed by atoms with van der Waals surface area (Å²) in [6, 6.07) is 21.6. The summed E-state index contributed by atoms with van der Waals surface area (Å²) in [5.41, 5.74) is 2.92. The molecular formula is C21H34O5Pb2S2. The summed E-state index contributed by atoms with van der Waals surface area (Å²) in [5.74, 6) is 2.93. The molecule has 1 atom stereocenters. The molecule has 2 N–H and O–H groups in total. The van der Waals surface area contributed by atoms with Crippen LogP contribution in [0.15, 0.2) is 60.7 Å². The molecule has 4 radical (unpaired) electrons. The van der Waals surface area contributed by atoms with E-state index in [1.54, 1.807) is 0 Å². The van der Waals surface area contributed by atoms with Crippen molar-refractivity contribution in [3.8, 4) is 0 Å². The second-order valence-corrected chi connectivity index (χ2v) is 20.9. The average molecular weight is 845 g/mol. The van der Waals surface area contributed by atoms with E-state index in [2.05, 4.69) is 80.4 Å². The Morgan fingerprint density at radius 2 is 1.10 bits per heavy atom. The van der Waals surface area contributed by atoms with E-state index in [-0.39, 0.29) is 64.3 Å². The third-order valence-electron chi connectivity index (χ3n) is 2.35. The van der Waals surface area contributed by atoms with Crippen LogP contribution in [0.2, 0.25) is 8.97 Å². The zero-order valence-electron chi connectivity index (χ0n) is 15.1. The SMILES string of the molecule is C.C.C.O.O=C=O.O=C=O.[CH3][Pb][CH3].[Pb]=[S](Cc1ccccc1)SCc1ccccc1. The molecule has 0 aliphatic rings. The molecule has 0 spiro atoms. The van der Waals surface area contributed by atoms with Gasteiger partial charge in [-0.3, -0.25) is 0 Å². The predicted octanol–water partition coefficient (Wildman–Crippen LogP) is 5.09. The van der Waals surface area contributed by atoms with Crippen molar-refractivity contribution in [3.05, 3.63) is 71.8 Å². The topological polar surface area (TPSA) is 99.8 Å². The van der Waals surface area contributed by atoms with Crippen LogP contribution in [-0.4, -0.2) is 65.7 Å². The number of hydrogen-bond acceptors (Lipinski definition) is 5. The van der Waals surface area contributed by atoms with E-state index in [4.69, 9.17) is 19.2 Å². The Labute approximate surface area is 214 Å². The molecule has 0 aromatic heterocycles. The van der Waals surface area contributed by atoms with Crippen LogP contribution >= 0.6 is 16.7 Å². The van der Waals surface area contributed by atoms with Crippen LogP contribution in [0.1, 0.15) is 33.4 Å². The molecule has 2 aromatic carbocycles. The van der Waals surface area contributed by atoms with Crippen molar-refractivity contribution in [1.29, 1.82) is 0 Å². The van der Waals surface area contributed by atoms with Crippen LogP contribution in [0, 0.1) is 0 Å². The number of rotatable bonds is 5. The predicted molar refractivity (Wildman–Crippen MR) is 133 cm³/mol. The summed E-state index contributed by atoms with van der Waals surface area (Å²) in [6.45, 7) is 0. The molecule has 0 aliphatic carbocycles. The first-order valence-electron chi connectivity index (χ1n) is 7.29. The standard InChI is InChI=1S/C14H14S2.2CO2.3CH4.2CH3.H2O.2Pb/c1-3-7-13(8-4-1)11-15-16-12-14-9-5-2-6-10-14;2*2-1-3;;;;;;;;/h1-10H,11-12H2;;;3*1H4;2*1H3;1H2;;. The van der Waals surface area contributed by atoms with Crippen LogP contribution in [0.5, 0.6) is 0 Å². The van der Waals surface area contributed by atoms with Gasteiger partial charge in [-0.1, -0.05) is 22.3 Å². The summed E-state index contributed by atoms with van der Waals surface area (Å²) in [5, 5.41) is 0. The molecule has 2 rings (SSSR count). The first kappa shape index (κ1) is 43.6. The average Bonchev–Trinajstić information content (AvgIpc) is 2.64. The van der Waals surface area contributed by atoms with Crippen LogP contribution < -0.4 is 0 Å². The van der Waals surface area contributed by atoms with Gasteiger partial charge in [-0.15, -0.1) is 0 Å². The molecule has 9 heteroatoms. The molecule has 0 fully saturated rings. The molecular weight excluding hydrogens is 811 g/mol. The molecule has 2 aromatic rings. The van der Waals surface area contributed by atoms with Crippen molar-refractivity contribution < 1.29 is 24.7 Å². The van der Waals surface area contributed by atoms with Crippen LogP contribution in [0.4, 0.5) is 0 Å². The Bertz CT molecular complexity index is 648. The van der Waals surface area contributed by atoms with Gasteiger partial charge in [0.05, 0.1) is 0 Å². The van der Waals surface area contributed by atoms with Gasteiger partial charge in [0.1, 0.15) is 0 Å². The minimum absolute atomic E-state index is 0. The van der Waals surface area contributed by atoms with Crippen molar-refractivity contribution in [2.45, 2.75) is 42.8 Å². The molecule has 0 bridgehead atoms. The van der Waals surface area contributed by atoms with Crippen molar-refractivity contribution >= 4 is 77.0 Å². The summed E-state index contributed by atoms with van der Waals surface area (Å²) in [4.78, 5) is 32.5. The molecule has 0 saturated heterocycles. The van der Waals surface area contributed by atoms with Crippen molar-refractivity contribution in [3.63, 3.8) is 0 Å². The summed E-state index contributed by atoms with van der Waals surface area (Å²) in [6.07, 6.45) is 0.500. The molecule has 0 heterocycles. The van der Waals surface area contributed by atoms with E-state index in [1.807, 2.05) is 0 Å². The summed E-state index contributed by atoms with van der Waals surface area (Å²) in [7, 11) is 2.11. The van der Waals surface area contributed by atoms with Gasteiger partial charge in [-0.25, -0.2) is 0 Å². The Kier molecular flexibility index (Phi) is 52.4. The van der Waals surface area contributed by atoms with Crippen LogP contribution in [-0.2, 0) is 30.7 Å². The molecule has 0 saturated carbocycles. The van der Waals surface area contributed by atoms with Gasteiger partial charge in [-0.2, -0.15) is 19.2 Å². The molecule has 0 aliphatic heterocycles. The van der Waals surface area contributed by atoms with Crippen molar-refractivity contribution in [1.82, 2.24) is 0 Å². The fourth-order valence-electron chi connectivity index (χ4n) is 1.48. The van der Waals surface area contributed by atoms with Gasteiger partial charge in [-0.05, 0) is 0 Å². The van der Waals surface area contributed by atoms with E-state index < -0.39 is 0 Å². The second-order valence-electron chi connectivity index (χ2n) is 4.39.